The smallest absolute Gasteiger partial charge is 0.315 e. The van der Waals surface area contributed by atoms with E-state index in [0.29, 0.717) is 5.69 Å². The second kappa shape index (κ2) is 2.98. The summed E-state index contributed by atoms with van der Waals surface area (Å²) in [7, 11) is 1.48. The lowest BCUT2D eigenvalue weighted by atomic mass is 10.0. The molecular weight excluding hydrogens is 207 g/mol. The van der Waals surface area contributed by atoms with Gasteiger partial charge < -0.3 is 4.90 Å². The molecule has 2 nitrogen and oxygen atoms in total. The number of rotatable bonds is 0. The molecule has 1 heterocycles. The number of hydrogen-bond donors (Lipinski definition) is 0. The molecule has 5 heteroatoms. The highest BCUT2D eigenvalue weighted by Gasteiger charge is 2.38. The van der Waals surface area contributed by atoms with E-state index in [2.05, 4.69) is 0 Å². The molecular formula is C10H8F3NO. The molecule has 80 valence electrons. The van der Waals surface area contributed by atoms with Crippen molar-refractivity contribution in [3.05, 3.63) is 29.3 Å². The zero-order chi connectivity index (χ0) is 11.2. The second-order valence-corrected chi connectivity index (χ2v) is 3.43. The molecule has 1 aliphatic heterocycles. The highest BCUT2D eigenvalue weighted by molar-refractivity contribution is 6.01. The van der Waals surface area contributed by atoms with Gasteiger partial charge in [-0.15, -0.1) is 0 Å². The predicted octanol–water partition coefficient (Wildman–Crippen LogP) is 2.22. The number of amides is 1. The summed E-state index contributed by atoms with van der Waals surface area (Å²) < 4.78 is 37.7. The van der Waals surface area contributed by atoms with Gasteiger partial charge in [-0.05, 0) is 17.7 Å². The molecule has 1 aromatic carbocycles. The van der Waals surface area contributed by atoms with E-state index < -0.39 is 11.7 Å². The lowest BCUT2D eigenvalue weighted by molar-refractivity contribution is -0.138. The van der Waals surface area contributed by atoms with Gasteiger partial charge in [-0.25, -0.2) is 0 Å². The van der Waals surface area contributed by atoms with Crippen LogP contribution in [0.15, 0.2) is 18.2 Å². The summed E-state index contributed by atoms with van der Waals surface area (Å²) >= 11 is 0. The third-order valence-electron chi connectivity index (χ3n) is 2.52. The van der Waals surface area contributed by atoms with Crippen molar-refractivity contribution in [3.63, 3.8) is 0 Å². The Morgan fingerprint density at radius 1 is 1.33 bits per heavy atom. The fourth-order valence-electron chi connectivity index (χ4n) is 1.74. The van der Waals surface area contributed by atoms with Crippen LogP contribution < -0.4 is 4.90 Å². The van der Waals surface area contributed by atoms with E-state index >= 15 is 0 Å². The van der Waals surface area contributed by atoms with Crippen LogP contribution in [0.2, 0.25) is 0 Å². The maximum absolute atomic E-state index is 12.6. The maximum Gasteiger partial charge on any atom is 0.416 e. The van der Waals surface area contributed by atoms with E-state index in [-0.39, 0.29) is 17.9 Å². The van der Waals surface area contributed by atoms with Crippen LogP contribution in [-0.4, -0.2) is 13.0 Å². The summed E-state index contributed by atoms with van der Waals surface area (Å²) in [5.41, 5.74) is -0.273. The molecule has 0 N–H and O–H groups in total. The Morgan fingerprint density at radius 3 is 2.60 bits per heavy atom. The molecule has 1 aliphatic rings. The molecule has 0 spiro atoms. The third-order valence-corrected chi connectivity index (χ3v) is 2.52. The average molecular weight is 215 g/mol. The summed E-state index contributed by atoms with van der Waals surface area (Å²) in [6.07, 6.45) is -4.56. The molecule has 1 aromatic rings. The van der Waals surface area contributed by atoms with Crippen molar-refractivity contribution in [1.82, 2.24) is 0 Å². The summed E-state index contributed by atoms with van der Waals surface area (Å²) in [5.74, 6) is -0.304. The van der Waals surface area contributed by atoms with Gasteiger partial charge in [0.2, 0.25) is 5.91 Å². The first-order valence-electron chi connectivity index (χ1n) is 4.37. The van der Waals surface area contributed by atoms with Crippen molar-refractivity contribution < 1.29 is 18.0 Å². The highest BCUT2D eigenvalue weighted by Crippen LogP contribution is 2.39. The Morgan fingerprint density at radius 2 is 2.00 bits per heavy atom. The fraction of sp³-hybridized carbons (Fsp3) is 0.300. The first-order chi connectivity index (χ1) is 6.91. The van der Waals surface area contributed by atoms with Crippen molar-refractivity contribution >= 4 is 11.6 Å². The number of hydrogen-bond acceptors (Lipinski definition) is 1. The van der Waals surface area contributed by atoms with Crippen LogP contribution in [0.5, 0.6) is 0 Å². The first-order valence-corrected chi connectivity index (χ1v) is 4.37. The molecule has 0 saturated carbocycles. The van der Waals surface area contributed by atoms with Crippen molar-refractivity contribution in [1.29, 1.82) is 0 Å². The van der Waals surface area contributed by atoms with E-state index in [4.69, 9.17) is 0 Å². The van der Waals surface area contributed by atoms with Gasteiger partial charge >= 0.3 is 6.18 Å². The van der Waals surface area contributed by atoms with Crippen molar-refractivity contribution in [2.24, 2.45) is 0 Å². The lowest BCUT2D eigenvalue weighted by Gasteiger charge is -2.13. The zero-order valence-electron chi connectivity index (χ0n) is 7.93. The Hall–Kier alpha value is -1.52. The summed E-state index contributed by atoms with van der Waals surface area (Å²) in [5, 5.41) is 0. The quantitative estimate of drug-likeness (QED) is 0.649. The highest BCUT2D eigenvalue weighted by atomic mass is 19.4. The van der Waals surface area contributed by atoms with E-state index in [0.717, 1.165) is 6.07 Å². The molecule has 0 saturated heterocycles. The Kier molecular flexibility index (Phi) is 1.99. The molecule has 0 bridgehead atoms. The Balaban J connectivity index is 2.60. The van der Waals surface area contributed by atoms with Crippen LogP contribution in [0.1, 0.15) is 11.1 Å². The largest absolute Gasteiger partial charge is 0.416 e. The van der Waals surface area contributed by atoms with Gasteiger partial charge in [-0.1, -0.05) is 6.07 Å². The van der Waals surface area contributed by atoms with Crippen LogP contribution in [0.4, 0.5) is 18.9 Å². The standard InChI is InChI=1S/C10H8F3NO/c1-14-8-4-2-3-7(10(11,12)13)6(8)5-9(14)15/h2-4H,5H2,1H3. The topological polar surface area (TPSA) is 20.3 Å². The number of benzene rings is 1. The molecule has 0 atom stereocenters. The van der Waals surface area contributed by atoms with Gasteiger partial charge in [0.15, 0.2) is 0 Å². The van der Waals surface area contributed by atoms with E-state index in [9.17, 15) is 18.0 Å². The van der Waals surface area contributed by atoms with Gasteiger partial charge in [-0.3, -0.25) is 4.79 Å². The van der Waals surface area contributed by atoms with E-state index in [1.54, 1.807) is 0 Å². The van der Waals surface area contributed by atoms with Crippen LogP contribution in [0, 0.1) is 0 Å². The van der Waals surface area contributed by atoms with Gasteiger partial charge in [-0.2, -0.15) is 13.2 Å². The minimum Gasteiger partial charge on any atom is -0.315 e. The molecule has 0 unspecified atom stereocenters. The number of nitrogens with zero attached hydrogens (tertiary/aromatic N) is 1. The molecule has 1 amide bonds. The first kappa shape index (κ1) is 10.0. The van der Waals surface area contributed by atoms with Crippen LogP contribution in [-0.2, 0) is 17.4 Å². The van der Waals surface area contributed by atoms with Gasteiger partial charge in [0, 0.05) is 12.7 Å². The third kappa shape index (κ3) is 1.48. The normalized spacial score (nSPS) is 15.7. The van der Waals surface area contributed by atoms with Crippen molar-refractivity contribution in [3.8, 4) is 0 Å². The maximum atomic E-state index is 12.6. The van der Waals surface area contributed by atoms with Crippen LogP contribution >= 0.6 is 0 Å². The van der Waals surface area contributed by atoms with Crippen LogP contribution in [0.3, 0.4) is 0 Å². The second-order valence-electron chi connectivity index (χ2n) is 3.43. The van der Waals surface area contributed by atoms with Crippen molar-refractivity contribution in [2.75, 3.05) is 11.9 Å². The lowest BCUT2D eigenvalue weighted by Crippen LogP contribution is -2.20. The Bertz CT molecular complexity index is 425. The number of carbonyl (C=O) groups excluding carboxylic acids is 1. The number of anilines is 1. The minimum absolute atomic E-state index is 0.0810. The molecule has 2 rings (SSSR count). The minimum atomic E-state index is -4.39. The number of carbonyl (C=O) groups is 1. The average Bonchev–Trinajstić information content (AvgIpc) is 2.41. The molecule has 0 aromatic heterocycles. The van der Waals surface area contributed by atoms with Gasteiger partial charge in [0.25, 0.3) is 0 Å². The summed E-state index contributed by atoms with van der Waals surface area (Å²) in [6.45, 7) is 0. The zero-order valence-corrected chi connectivity index (χ0v) is 7.93. The summed E-state index contributed by atoms with van der Waals surface area (Å²) in [4.78, 5) is 12.5. The predicted molar refractivity (Wildman–Crippen MR) is 48.6 cm³/mol. The molecule has 0 radical (unpaired) electrons. The molecule has 0 aliphatic carbocycles. The van der Waals surface area contributed by atoms with E-state index in [1.807, 2.05) is 0 Å². The SMILES string of the molecule is CN1C(=O)Cc2c1cccc2C(F)(F)F. The number of halogens is 3. The van der Waals surface area contributed by atoms with Gasteiger partial charge in [0.1, 0.15) is 0 Å². The molecule has 15 heavy (non-hydrogen) atoms. The fourth-order valence-corrected chi connectivity index (χ4v) is 1.74. The van der Waals surface area contributed by atoms with Gasteiger partial charge in [0.05, 0.1) is 12.0 Å². The van der Waals surface area contributed by atoms with Crippen molar-refractivity contribution in [2.45, 2.75) is 12.6 Å². The monoisotopic (exact) mass is 215 g/mol. The Labute approximate surface area is 84.3 Å². The van der Waals surface area contributed by atoms with Crippen LogP contribution in [0.25, 0.3) is 0 Å². The molecule has 0 fully saturated rings. The summed E-state index contributed by atoms with van der Waals surface area (Å²) in [6, 6.07) is 3.84. The number of fused-ring (bicyclic) bond motifs is 1. The van der Waals surface area contributed by atoms with E-state index in [1.165, 1.54) is 24.1 Å². The number of likely N-dealkylation sites (N-methyl/N-ethyl adjacent to an activating group) is 1. The number of alkyl halides is 3.